The molecule has 3 nitrogen and oxygen atoms in total. The lowest BCUT2D eigenvalue weighted by molar-refractivity contribution is 0.0988. The Bertz CT molecular complexity index is 331. The van der Waals surface area contributed by atoms with Crippen LogP contribution in [-0.4, -0.2) is 16.0 Å². The Morgan fingerprint density at radius 2 is 2.36 bits per heavy atom. The molecule has 0 saturated heterocycles. The number of nitrogens with zero attached hydrogens (tertiary/aromatic N) is 2. The smallest absolute Gasteiger partial charge is 0.187 e. The summed E-state index contributed by atoms with van der Waals surface area (Å²) in [6, 6.07) is 1.79. The Balaban J connectivity index is 2.63. The van der Waals surface area contributed by atoms with Crippen molar-refractivity contribution in [3.63, 3.8) is 0 Å². The summed E-state index contributed by atoms with van der Waals surface area (Å²) in [6.45, 7) is 0. The number of fused-ring (bicyclic) bond motifs is 1. The van der Waals surface area contributed by atoms with Gasteiger partial charge in [0, 0.05) is 12.0 Å². The van der Waals surface area contributed by atoms with Gasteiger partial charge in [-0.3, -0.25) is 4.79 Å². The molecule has 2 rings (SSSR count). The first-order valence-electron chi connectivity index (χ1n) is 3.39. The number of allylic oxidation sites excluding steroid dienone is 1. The molecule has 1 aliphatic carbocycles. The quantitative estimate of drug-likeness (QED) is 0.550. The molecule has 0 radical (unpaired) electrons. The minimum absolute atomic E-state index is 0.0515. The summed E-state index contributed by atoms with van der Waals surface area (Å²) in [4.78, 5) is 11.1. The zero-order valence-electron chi connectivity index (χ0n) is 5.82. The Hall–Kier alpha value is -1.51. The van der Waals surface area contributed by atoms with Crippen molar-refractivity contribution in [2.24, 2.45) is 0 Å². The highest BCUT2D eigenvalue weighted by Crippen LogP contribution is 2.14. The van der Waals surface area contributed by atoms with Gasteiger partial charge in [-0.25, -0.2) is 0 Å². The molecular weight excluding hydrogens is 140 g/mol. The van der Waals surface area contributed by atoms with Crippen LogP contribution in [0.5, 0.6) is 0 Å². The van der Waals surface area contributed by atoms with E-state index in [0.29, 0.717) is 12.1 Å². The van der Waals surface area contributed by atoms with E-state index in [1.165, 1.54) is 0 Å². The largest absolute Gasteiger partial charge is 0.292 e. The zero-order chi connectivity index (χ0) is 7.68. The van der Waals surface area contributed by atoms with Crippen molar-refractivity contribution in [3.05, 3.63) is 29.6 Å². The summed E-state index contributed by atoms with van der Waals surface area (Å²) in [7, 11) is 0. The van der Waals surface area contributed by atoms with Crippen LogP contribution in [0, 0.1) is 0 Å². The van der Waals surface area contributed by atoms with E-state index in [1.807, 2.05) is 12.2 Å². The molecule has 11 heavy (non-hydrogen) atoms. The standard InChI is InChI=1S/C8H6N2O/c11-7-3-1-2-6-4-5-9-10-8(6)7/h1-2,4-5H,3H2. The van der Waals surface area contributed by atoms with Crippen LogP contribution >= 0.6 is 0 Å². The summed E-state index contributed by atoms with van der Waals surface area (Å²) in [5, 5.41) is 7.39. The van der Waals surface area contributed by atoms with Crippen molar-refractivity contribution in [1.82, 2.24) is 10.2 Å². The first-order chi connectivity index (χ1) is 5.38. The maximum atomic E-state index is 11.1. The van der Waals surface area contributed by atoms with E-state index in [0.717, 1.165) is 5.56 Å². The molecule has 0 amide bonds. The molecule has 1 aromatic heterocycles. The predicted molar refractivity (Wildman–Crippen MR) is 40.0 cm³/mol. The fraction of sp³-hybridized carbons (Fsp3) is 0.125. The van der Waals surface area contributed by atoms with Crippen LogP contribution in [-0.2, 0) is 0 Å². The van der Waals surface area contributed by atoms with E-state index in [4.69, 9.17) is 0 Å². The molecule has 0 spiro atoms. The summed E-state index contributed by atoms with van der Waals surface area (Å²) >= 11 is 0. The van der Waals surface area contributed by atoms with E-state index in [-0.39, 0.29) is 5.78 Å². The molecule has 0 unspecified atom stereocenters. The number of hydrogen-bond donors (Lipinski definition) is 0. The summed E-state index contributed by atoms with van der Waals surface area (Å²) in [6.07, 6.45) is 5.77. The van der Waals surface area contributed by atoms with Crippen LogP contribution in [0.2, 0.25) is 0 Å². The van der Waals surface area contributed by atoms with Gasteiger partial charge in [0.1, 0.15) is 5.69 Å². The number of ketones is 1. The molecule has 0 bridgehead atoms. The second-order valence-corrected chi connectivity index (χ2v) is 2.36. The molecular formula is C8H6N2O. The molecule has 3 heteroatoms. The van der Waals surface area contributed by atoms with E-state index < -0.39 is 0 Å². The first kappa shape index (κ1) is 6.22. The molecule has 0 aromatic carbocycles. The molecule has 1 aromatic rings. The van der Waals surface area contributed by atoms with Gasteiger partial charge in [-0.05, 0) is 6.07 Å². The minimum atomic E-state index is 0.0515. The Labute approximate surface area is 63.8 Å². The maximum absolute atomic E-state index is 11.1. The molecule has 1 heterocycles. The summed E-state index contributed by atoms with van der Waals surface area (Å²) in [5.74, 6) is 0.0515. The van der Waals surface area contributed by atoms with E-state index in [2.05, 4.69) is 10.2 Å². The number of hydrogen-bond acceptors (Lipinski definition) is 3. The number of carbonyl (C=O) groups is 1. The van der Waals surface area contributed by atoms with Crippen molar-refractivity contribution >= 4 is 11.9 Å². The van der Waals surface area contributed by atoms with Gasteiger partial charge in [0.15, 0.2) is 5.78 Å². The third-order valence-corrected chi connectivity index (χ3v) is 1.62. The zero-order valence-corrected chi connectivity index (χ0v) is 5.82. The SMILES string of the molecule is O=C1CC=Cc2ccnnc21. The molecule has 0 atom stereocenters. The second-order valence-electron chi connectivity index (χ2n) is 2.36. The normalized spacial score (nSPS) is 14.7. The van der Waals surface area contributed by atoms with Crippen molar-refractivity contribution in [3.8, 4) is 0 Å². The lowest BCUT2D eigenvalue weighted by atomic mass is 10.0. The Morgan fingerprint density at radius 3 is 3.18 bits per heavy atom. The summed E-state index contributed by atoms with van der Waals surface area (Å²) < 4.78 is 0. The van der Waals surface area contributed by atoms with Crippen molar-refractivity contribution in [2.75, 3.05) is 0 Å². The molecule has 1 aliphatic rings. The Kier molecular flexibility index (Phi) is 1.28. The molecule has 54 valence electrons. The highest BCUT2D eigenvalue weighted by Gasteiger charge is 2.13. The van der Waals surface area contributed by atoms with Gasteiger partial charge < -0.3 is 0 Å². The Morgan fingerprint density at radius 1 is 1.45 bits per heavy atom. The van der Waals surface area contributed by atoms with Crippen molar-refractivity contribution < 1.29 is 4.79 Å². The fourth-order valence-electron chi connectivity index (χ4n) is 1.08. The lowest BCUT2D eigenvalue weighted by Crippen LogP contribution is -2.07. The minimum Gasteiger partial charge on any atom is -0.292 e. The van der Waals surface area contributed by atoms with Crippen LogP contribution in [0.25, 0.3) is 6.08 Å². The van der Waals surface area contributed by atoms with E-state index in [9.17, 15) is 4.79 Å². The van der Waals surface area contributed by atoms with Crippen LogP contribution in [0.4, 0.5) is 0 Å². The van der Waals surface area contributed by atoms with Crippen molar-refractivity contribution in [2.45, 2.75) is 6.42 Å². The highest BCUT2D eigenvalue weighted by atomic mass is 16.1. The van der Waals surface area contributed by atoms with Gasteiger partial charge >= 0.3 is 0 Å². The number of carbonyl (C=O) groups excluding carboxylic acids is 1. The monoisotopic (exact) mass is 146 g/mol. The lowest BCUT2D eigenvalue weighted by Gasteiger charge is -2.04. The second kappa shape index (κ2) is 2.27. The third kappa shape index (κ3) is 0.941. The number of rotatable bonds is 0. The topological polar surface area (TPSA) is 42.9 Å². The summed E-state index contributed by atoms with van der Waals surface area (Å²) in [5.41, 5.74) is 1.37. The van der Waals surface area contributed by atoms with Gasteiger partial charge in [-0.15, -0.1) is 5.10 Å². The average molecular weight is 146 g/mol. The predicted octanol–water partition coefficient (Wildman–Crippen LogP) is 1.08. The molecule has 0 fully saturated rings. The van der Waals surface area contributed by atoms with Gasteiger partial charge in [0.2, 0.25) is 0 Å². The number of Topliss-reactive ketones (excluding diaryl/α,β-unsaturated/α-hetero) is 1. The van der Waals surface area contributed by atoms with E-state index >= 15 is 0 Å². The highest BCUT2D eigenvalue weighted by molar-refractivity contribution is 6.00. The third-order valence-electron chi connectivity index (χ3n) is 1.62. The molecule has 0 aliphatic heterocycles. The van der Waals surface area contributed by atoms with Crippen molar-refractivity contribution in [1.29, 1.82) is 0 Å². The van der Waals surface area contributed by atoms with Crippen LogP contribution < -0.4 is 0 Å². The van der Waals surface area contributed by atoms with Crippen LogP contribution in [0.1, 0.15) is 22.5 Å². The van der Waals surface area contributed by atoms with Gasteiger partial charge in [0.25, 0.3) is 0 Å². The van der Waals surface area contributed by atoms with Crippen LogP contribution in [0.3, 0.4) is 0 Å². The van der Waals surface area contributed by atoms with Gasteiger partial charge in [-0.1, -0.05) is 12.2 Å². The average Bonchev–Trinajstić information content (AvgIpc) is 2.06. The molecule has 0 N–H and O–H groups in total. The van der Waals surface area contributed by atoms with E-state index in [1.54, 1.807) is 12.3 Å². The molecule has 0 saturated carbocycles. The maximum Gasteiger partial charge on any atom is 0.187 e. The first-order valence-corrected chi connectivity index (χ1v) is 3.39. The fourth-order valence-corrected chi connectivity index (χ4v) is 1.08. The van der Waals surface area contributed by atoms with Gasteiger partial charge in [0.05, 0.1) is 6.20 Å². The van der Waals surface area contributed by atoms with Gasteiger partial charge in [-0.2, -0.15) is 5.10 Å². The number of aromatic nitrogens is 2. The van der Waals surface area contributed by atoms with Crippen LogP contribution in [0.15, 0.2) is 18.3 Å².